The highest BCUT2D eigenvalue weighted by atomic mass is 32.2. The van der Waals surface area contributed by atoms with E-state index in [2.05, 4.69) is 10.0 Å². The van der Waals surface area contributed by atoms with Crippen molar-refractivity contribution in [2.24, 2.45) is 0 Å². The molecule has 8 nitrogen and oxygen atoms in total. The van der Waals surface area contributed by atoms with Crippen LogP contribution in [0.25, 0.3) is 0 Å². The highest BCUT2D eigenvalue weighted by Gasteiger charge is 2.18. The molecule has 1 amide bonds. The van der Waals surface area contributed by atoms with Crippen LogP contribution in [-0.4, -0.2) is 41.7 Å². The van der Waals surface area contributed by atoms with E-state index >= 15 is 0 Å². The van der Waals surface area contributed by atoms with Crippen LogP contribution in [-0.2, 0) is 21.2 Å². The van der Waals surface area contributed by atoms with Crippen molar-refractivity contribution >= 4 is 15.9 Å². The van der Waals surface area contributed by atoms with Crippen LogP contribution in [0.5, 0.6) is 17.2 Å². The Morgan fingerprint density at radius 1 is 0.914 bits per heavy atom. The minimum atomic E-state index is -3.71. The number of methoxy groups -OCH3 is 2. The van der Waals surface area contributed by atoms with Crippen LogP contribution in [0.15, 0.2) is 77.7 Å². The fourth-order valence-electron chi connectivity index (χ4n) is 3.41. The number of benzene rings is 3. The van der Waals surface area contributed by atoms with E-state index in [-0.39, 0.29) is 23.5 Å². The van der Waals surface area contributed by atoms with Crippen molar-refractivity contribution in [2.45, 2.75) is 24.3 Å². The molecule has 0 heterocycles. The molecule has 3 rings (SSSR count). The van der Waals surface area contributed by atoms with Gasteiger partial charge in [-0.3, -0.25) is 4.79 Å². The van der Waals surface area contributed by atoms with Gasteiger partial charge in [0.05, 0.1) is 19.1 Å². The van der Waals surface area contributed by atoms with Gasteiger partial charge in [-0.05, 0) is 60.9 Å². The van der Waals surface area contributed by atoms with Gasteiger partial charge in [0.2, 0.25) is 10.0 Å². The van der Waals surface area contributed by atoms with Crippen LogP contribution in [0.2, 0.25) is 0 Å². The van der Waals surface area contributed by atoms with Gasteiger partial charge in [0.25, 0.3) is 5.91 Å². The summed E-state index contributed by atoms with van der Waals surface area (Å²) in [6.45, 7) is 2.04. The van der Waals surface area contributed by atoms with Gasteiger partial charge in [-0.25, -0.2) is 13.1 Å². The van der Waals surface area contributed by atoms with Crippen molar-refractivity contribution in [2.75, 3.05) is 27.4 Å². The summed E-state index contributed by atoms with van der Waals surface area (Å²) < 4.78 is 44.0. The van der Waals surface area contributed by atoms with Gasteiger partial charge in [0.15, 0.2) is 18.1 Å². The van der Waals surface area contributed by atoms with E-state index in [1.807, 2.05) is 48.5 Å². The standard InChI is InChI=1S/C26H30N2O6S/c1-19(21-7-5-4-6-8-21)28-35(30,31)23-12-10-22(11-13-23)34-18-26(29)27-16-15-20-9-14-24(32-2)25(17-20)33-3/h4-14,17,19,28H,15-16,18H2,1-3H3,(H,27,29)/t19-/m0/s1. The summed E-state index contributed by atoms with van der Waals surface area (Å²) >= 11 is 0. The fraction of sp³-hybridized carbons (Fsp3) is 0.269. The number of hydrogen-bond acceptors (Lipinski definition) is 6. The molecular formula is C26H30N2O6S. The smallest absolute Gasteiger partial charge is 0.257 e. The third kappa shape index (κ3) is 7.46. The first-order chi connectivity index (χ1) is 16.8. The van der Waals surface area contributed by atoms with Crippen LogP contribution < -0.4 is 24.2 Å². The minimum absolute atomic E-state index is 0.118. The molecule has 0 aromatic heterocycles. The van der Waals surface area contributed by atoms with Crippen molar-refractivity contribution in [3.8, 4) is 17.2 Å². The van der Waals surface area contributed by atoms with Gasteiger partial charge in [-0.1, -0.05) is 36.4 Å². The maximum atomic E-state index is 12.7. The van der Waals surface area contributed by atoms with E-state index in [9.17, 15) is 13.2 Å². The maximum Gasteiger partial charge on any atom is 0.257 e. The van der Waals surface area contributed by atoms with Crippen LogP contribution in [0.1, 0.15) is 24.1 Å². The molecule has 0 aliphatic carbocycles. The number of rotatable bonds is 12. The molecule has 186 valence electrons. The van der Waals surface area contributed by atoms with Gasteiger partial charge >= 0.3 is 0 Å². The first-order valence-corrected chi connectivity index (χ1v) is 12.6. The molecule has 0 saturated heterocycles. The average molecular weight is 499 g/mol. The summed E-state index contributed by atoms with van der Waals surface area (Å²) in [5.74, 6) is 1.40. The second kappa shape index (κ2) is 12.2. The molecule has 0 saturated carbocycles. The fourth-order valence-corrected chi connectivity index (χ4v) is 4.64. The molecule has 0 fully saturated rings. The SMILES string of the molecule is COc1ccc(CCNC(=O)COc2ccc(S(=O)(=O)N[C@@H](C)c3ccccc3)cc2)cc1OC. The Morgan fingerprint density at radius 3 is 2.26 bits per heavy atom. The summed E-state index contributed by atoms with van der Waals surface area (Å²) in [7, 11) is -0.554. The largest absolute Gasteiger partial charge is 0.493 e. The molecule has 2 N–H and O–H groups in total. The highest BCUT2D eigenvalue weighted by molar-refractivity contribution is 7.89. The van der Waals surface area contributed by atoms with Gasteiger partial charge in [-0.15, -0.1) is 0 Å². The molecule has 1 atom stereocenters. The Labute approximate surface area is 206 Å². The maximum absolute atomic E-state index is 12.7. The van der Waals surface area contributed by atoms with Crippen molar-refractivity contribution < 1.29 is 27.4 Å². The molecule has 0 spiro atoms. The molecule has 0 radical (unpaired) electrons. The lowest BCUT2D eigenvalue weighted by Crippen LogP contribution is -2.30. The number of carbonyl (C=O) groups excluding carboxylic acids is 1. The molecule has 3 aromatic carbocycles. The number of amides is 1. The van der Waals surface area contributed by atoms with Gasteiger partial charge in [0, 0.05) is 12.6 Å². The van der Waals surface area contributed by atoms with Crippen molar-refractivity contribution in [1.29, 1.82) is 0 Å². The lowest BCUT2D eigenvalue weighted by Gasteiger charge is -2.15. The van der Waals surface area contributed by atoms with Crippen molar-refractivity contribution in [3.63, 3.8) is 0 Å². The van der Waals surface area contributed by atoms with E-state index in [0.717, 1.165) is 11.1 Å². The summed E-state index contributed by atoms with van der Waals surface area (Å²) in [6.07, 6.45) is 0.618. The summed E-state index contributed by atoms with van der Waals surface area (Å²) in [6, 6.07) is 20.5. The summed E-state index contributed by atoms with van der Waals surface area (Å²) in [4.78, 5) is 12.2. The Hall–Kier alpha value is -3.56. The third-order valence-electron chi connectivity index (χ3n) is 5.32. The molecule has 9 heteroatoms. The van der Waals surface area contributed by atoms with Crippen LogP contribution in [0, 0.1) is 0 Å². The van der Waals surface area contributed by atoms with E-state index < -0.39 is 10.0 Å². The summed E-state index contributed by atoms with van der Waals surface area (Å²) in [5.41, 5.74) is 1.86. The number of carbonyl (C=O) groups is 1. The average Bonchev–Trinajstić information content (AvgIpc) is 2.87. The molecule has 0 bridgehead atoms. The normalized spacial score (nSPS) is 12.0. The molecular weight excluding hydrogens is 468 g/mol. The molecule has 0 aliphatic heterocycles. The van der Waals surface area contributed by atoms with Crippen LogP contribution in [0.3, 0.4) is 0 Å². The molecule has 0 aliphatic rings. The zero-order valence-corrected chi connectivity index (χ0v) is 20.8. The van der Waals surface area contributed by atoms with Gasteiger partial charge < -0.3 is 19.5 Å². The first-order valence-electron chi connectivity index (χ1n) is 11.1. The van der Waals surface area contributed by atoms with Crippen molar-refractivity contribution in [1.82, 2.24) is 10.0 Å². The third-order valence-corrected chi connectivity index (χ3v) is 6.88. The first kappa shape index (κ1) is 26.1. The molecule has 35 heavy (non-hydrogen) atoms. The highest BCUT2D eigenvalue weighted by Crippen LogP contribution is 2.27. The lowest BCUT2D eigenvalue weighted by atomic mass is 10.1. The quantitative estimate of drug-likeness (QED) is 0.396. The Bertz CT molecular complexity index is 1210. The predicted molar refractivity (Wildman–Crippen MR) is 133 cm³/mol. The van der Waals surface area contributed by atoms with E-state index in [1.54, 1.807) is 21.1 Å². The van der Waals surface area contributed by atoms with Crippen LogP contribution >= 0.6 is 0 Å². The van der Waals surface area contributed by atoms with Crippen LogP contribution in [0.4, 0.5) is 0 Å². The zero-order valence-electron chi connectivity index (χ0n) is 20.0. The number of nitrogens with one attached hydrogen (secondary N) is 2. The number of sulfonamides is 1. The van der Waals surface area contributed by atoms with Gasteiger partial charge in [0.1, 0.15) is 5.75 Å². The number of ether oxygens (including phenoxy) is 3. The topological polar surface area (TPSA) is 103 Å². The Balaban J connectivity index is 1.46. The summed E-state index contributed by atoms with van der Waals surface area (Å²) in [5, 5.41) is 2.80. The predicted octanol–water partition coefficient (Wildman–Crippen LogP) is 3.48. The Kier molecular flexibility index (Phi) is 9.11. The second-order valence-electron chi connectivity index (χ2n) is 7.80. The van der Waals surface area contributed by atoms with E-state index in [4.69, 9.17) is 14.2 Å². The van der Waals surface area contributed by atoms with Gasteiger partial charge in [-0.2, -0.15) is 0 Å². The van der Waals surface area contributed by atoms with Crippen molar-refractivity contribution in [3.05, 3.63) is 83.9 Å². The second-order valence-corrected chi connectivity index (χ2v) is 9.52. The lowest BCUT2D eigenvalue weighted by molar-refractivity contribution is -0.123. The monoisotopic (exact) mass is 498 g/mol. The Morgan fingerprint density at radius 2 is 1.60 bits per heavy atom. The zero-order chi connectivity index (χ0) is 25.3. The minimum Gasteiger partial charge on any atom is -0.493 e. The molecule has 3 aromatic rings. The molecule has 0 unspecified atom stereocenters. The van der Waals surface area contributed by atoms with E-state index in [0.29, 0.717) is 30.2 Å². The number of hydrogen-bond donors (Lipinski definition) is 2. The van der Waals surface area contributed by atoms with E-state index in [1.165, 1.54) is 24.3 Å².